The molecule has 24 heavy (non-hydrogen) atoms. The smallest absolute Gasteiger partial charge is 0.118 e. The molecule has 6 heteroatoms. The first kappa shape index (κ1) is 19.1. The summed E-state index contributed by atoms with van der Waals surface area (Å²) in [5.41, 5.74) is 0. The van der Waals surface area contributed by atoms with Crippen molar-refractivity contribution in [2.24, 2.45) is 0 Å². The zero-order valence-electron chi connectivity index (χ0n) is 14.7. The van der Waals surface area contributed by atoms with Gasteiger partial charge in [0.2, 0.25) is 0 Å². The molecule has 0 bridgehead atoms. The fourth-order valence-corrected chi connectivity index (χ4v) is 2.77. The van der Waals surface area contributed by atoms with Crippen molar-refractivity contribution in [3.8, 4) is 0 Å². The third kappa shape index (κ3) is 7.15. The third-order valence-corrected chi connectivity index (χ3v) is 4.03. The number of ether oxygens (including phenoxy) is 2. The summed E-state index contributed by atoms with van der Waals surface area (Å²) >= 11 is 0. The first-order chi connectivity index (χ1) is 11.7. The van der Waals surface area contributed by atoms with E-state index in [4.69, 9.17) is 13.9 Å². The van der Waals surface area contributed by atoms with Crippen molar-refractivity contribution < 1.29 is 19.0 Å². The summed E-state index contributed by atoms with van der Waals surface area (Å²) < 4.78 is 16.4. The third-order valence-electron chi connectivity index (χ3n) is 4.03. The van der Waals surface area contributed by atoms with Crippen LogP contribution < -0.4 is 0 Å². The predicted octanol–water partition coefficient (Wildman–Crippen LogP) is 1.29. The molecule has 1 atom stereocenters. The first-order valence-corrected chi connectivity index (χ1v) is 8.62. The van der Waals surface area contributed by atoms with Crippen LogP contribution in [0.2, 0.25) is 0 Å². The van der Waals surface area contributed by atoms with E-state index in [0.717, 1.165) is 50.9 Å². The average Bonchev–Trinajstić information content (AvgIpc) is 2.99. The number of aliphatic hydroxyl groups excluding tert-OH is 1. The quantitative estimate of drug-likeness (QED) is 0.485. The van der Waals surface area contributed by atoms with Gasteiger partial charge in [-0.1, -0.05) is 6.08 Å². The molecule has 0 aromatic carbocycles. The van der Waals surface area contributed by atoms with Crippen LogP contribution in [0.4, 0.5) is 0 Å². The normalized spacial score (nSPS) is 17.3. The highest BCUT2D eigenvalue weighted by molar-refractivity contribution is 5.05. The number of furan rings is 1. The Balaban J connectivity index is 1.83. The van der Waals surface area contributed by atoms with Crippen LogP contribution in [0.5, 0.6) is 0 Å². The zero-order valence-corrected chi connectivity index (χ0v) is 14.7. The van der Waals surface area contributed by atoms with E-state index in [-0.39, 0.29) is 0 Å². The summed E-state index contributed by atoms with van der Waals surface area (Å²) in [6, 6.07) is 3.97. The Morgan fingerprint density at radius 3 is 2.88 bits per heavy atom. The van der Waals surface area contributed by atoms with E-state index in [0.29, 0.717) is 26.3 Å². The van der Waals surface area contributed by atoms with E-state index >= 15 is 0 Å². The van der Waals surface area contributed by atoms with Gasteiger partial charge in [-0.3, -0.25) is 9.80 Å². The van der Waals surface area contributed by atoms with E-state index < -0.39 is 6.10 Å². The lowest BCUT2D eigenvalue weighted by atomic mass is 10.3. The highest BCUT2D eigenvalue weighted by atomic mass is 16.5. The molecule has 1 aromatic heterocycles. The van der Waals surface area contributed by atoms with Gasteiger partial charge >= 0.3 is 0 Å². The number of nitrogens with zero attached hydrogens (tertiary/aromatic N) is 2. The average molecular weight is 338 g/mol. The van der Waals surface area contributed by atoms with E-state index in [1.807, 2.05) is 19.1 Å². The molecule has 1 aliphatic rings. The van der Waals surface area contributed by atoms with Crippen LogP contribution in [-0.2, 0) is 16.0 Å². The van der Waals surface area contributed by atoms with Crippen LogP contribution >= 0.6 is 0 Å². The maximum absolute atomic E-state index is 10.2. The molecule has 2 rings (SSSR count). The van der Waals surface area contributed by atoms with E-state index in [1.165, 1.54) is 0 Å². The van der Waals surface area contributed by atoms with E-state index in [1.54, 1.807) is 6.08 Å². The van der Waals surface area contributed by atoms with Gasteiger partial charge in [0, 0.05) is 32.7 Å². The van der Waals surface area contributed by atoms with Gasteiger partial charge in [-0.15, -0.1) is 6.58 Å². The van der Waals surface area contributed by atoms with Crippen molar-refractivity contribution >= 4 is 0 Å². The molecular formula is C18H30N2O4. The standard InChI is InChI=1S/C18H30N2O4/c1-3-10-23-15-17(21)13-20(14-18-5-4-16(2)24-18)7-6-19-8-11-22-12-9-19/h3-5,17,21H,1,6-15H2,2H3. The lowest BCUT2D eigenvalue weighted by Crippen LogP contribution is -2.43. The van der Waals surface area contributed by atoms with Crippen molar-refractivity contribution in [3.05, 3.63) is 36.3 Å². The zero-order chi connectivity index (χ0) is 17.2. The molecule has 0 radical (unpaired) electrons. The topological polar surface area (TPSA) is 58.3 Å². The summed E-state index contributed by atoms with van der Waals surface area (Å²) in [4.78, 5) is 4.61. The van der Waals surface area contributed by atoms with Crippen LogP contribution in [0, 0.1) is 6.92 Å². The minimum atomic E-state index is -0.523. The summed E-state index contributed by atoms with van der Waals surface area (Å²) in [7, 11) is 0. The van der Waals surface area contributed by atoms with Gasteiger partial charge in [-0.05, 0) is 19.1 Å². The number of hydrogen-bond donors (Lipinski definition) is 1. The van der Waals surface area contributed by atoms with Gasteiger partial charge in [0.05, 0.1) is 39.1 Å². The molecule has 1 N–H and O–H groups in total. The van der Waals surface area contributed by atoms with E-state index in [2.05, 4.69) is 16.4 Å². The molecule has 6 nitrogen and oxygen atoms in total. The largest absolute Gasteiger partial charge is 0.465 e. The number of morpholine rings is 1. The SMILES string of the molecule is C=CCOCC(O)CN(CCN1CCOCC1)Cc1ccc(C)o1. The second-order valence-electron chi connectivity index (χ2n) is 6.18. The fraction of sp³-hybridized carbons (Fsp3) is 0.667. The Kier molecular flexibility index (Phi) is 8.49. The van der Waals surface area contributed by atoms with Crippen molar-refractivity contribution in [1.82, 2.24) is 9.80 Å². The minimum Gasteiger partial charge on any atom is -0.465 e. The highest BCUT2D eigenvalue weighted by Gasteiger charge is 2.17. The van der Waals surface area contributed by atoms with Gasteiger partial charge in [0.15, 0.2) is 0 Å². The second kappa shape index (κ2) is 10.6. The maximum Gasteiger partial charge on any atom is 0.118 e. The molecule has 1 unspecified atom stereocenters. The van der Waals surface area contributed by atoms with Crippen LogP contribution in [0.3, 0.4) is 0 Å². The molecule has 2 heterocycles. The van der Waals surface area contributed by atoms with Crippen molar-refractivity contribution in [2.45, 2.75) is 19.6 Å². The summed E-state index contributed by atoms with van der Waals surface area (Å²) in [6.45, 7) is 13.0. The monoisotopic (exact) mass is 338 g/mol. The number of aryl methyl sites for hydroxylation is 1. The van der Waals surface area contributed by atoms with E-state index in [9.17, 15) is 5.11 Å². The number of aliphatic hydroxyl groups is 1. The Morgan fingerprint density at radius 1 is 1.42 bits per heavy atom. The molecule has 0 spiro atoms. The second-order valence-corrected chi connectivity index (χ2v) is 6.18. The summed E-state index contributed by atoms with van der Waals surface area (Å²) in [5, 5.41) is 10.2. The summed E-state index contributed by atoms with van der Waals surface area (Å²) in [6.07, 6.45) is 1.17. The summed E-state index contributed by atoms with van der Waals surface area (Å²) in [5.74, 6) is 1.83. The van der Waals surface area contributed by atoms with Crippen molar-refractivity contribution in [2.75, 3.05) is 59.2 Å². The Morgan fingerprint density at radius 2 is 2.21 bits per heavy atom. The maximum atomic E-state index is 10.2. The number of hydrogen-bond acceptors (Lipinski definition) is 6. The predicted molar refractivity (Wildman–Crippen MR) is 93.0 cm³/mol. The lowest BCUT2D eigenvalue weighted by Gasteiger charge is -2.30. The molecule has 0 aliphatic carbocycles. The number of rotatable bonds is 11. The van der Waals surface area contributed by atoms with Crippen LogP contribution in [0.15, 0.2) is 29.2 Å². The van der Waals surface area contributed by atoms with Crippen LogP contribution in [-0.4, -0.2) is 80.2 Å². The Bertz CT molecular complexity index is 471. The molecule has 1 aromatic rings. The molecule has 136 valence electrons. The molecule has 1 saturated heterocycles. The molecule has 0 saturated carbocycles. The van der Waals surface area contributed by atoms with Gasteiger partial charge < -0.3 is 19.0 Å². The first-order valence-electron chi connectivity index (χ1n) is 8.62. The van der Waals surface area contributed by atoms with Gasteiger partial charge in [-0.2, -0.15) is 0 Å². The Hall–Kier alpha value is -1.18. The molecule has 0 amide bonds. The lowest BCUT2D eigenvalue weighted by molar-refractivity contribution is 0.0116. The Labute approximate surface area is 144 Å². The van der Waals surface area contributed by atoms with Gasteiger partial charge in [-0.25, -0.2) is 0 Å². The van der Waals surface area contributed by atoms with Gasteiger partial charge in [0.25, 0.3) is 0 Å². The van der Waals surface area contributed by atoms with Crippen molar-refractivity contribution in [1.29, 1.82) is 0 Å². The fourth-order valence-electron chi connectivity index (χ4n) is 2.77. The van der Waals surface area contributed by atoms with Crippen LogP contribution in [0.25, 0.3) is 0 Å². The molecule has 1 fully saturated rings. The molecule has 1 aliphatic heterocycles. The molecular weight excluding hydrogens is 308 g/mol. The minimum absolute atomic E-state index is 0.317. The highest BCUT2D eigenvalue weighted by Crippen LogP contribution is 2.10. The van der Waals surface area contributed by atoms with Crippen molar-refractivity contribution in [3.63, 3.8) is 0 Å². The van der Waals surface area contributed by atoms with Gasteiger partial charge in [0.1, 0.15) is 11.5 Å². The van der Waals surface area contributed by atoms with Crippen LogP contribution in [0.1, 0.15) is 11.5 Å².